The van der Waals surface area contributed by atoms with Crippen molar-refractivity contribution in [3.8, 4) is 5.75 Å². The molecule has 0 aliphatic rings. The van der Waals surface area contributed by atoms with Crippen molar-refractivity contribution in [2.75, 3.05) is 17.2 Å². The molecular weight excluding hydrogens is 340 g/mol. The molecule has 0 saturated carbocycles. The van der Waals surface area contributed by atoms with Gasteiger partial charge in [-0.2, -0.15) is 0 Å². The van der Waals surface area contributed by atoms with E-state index < -0.39 is 0 Å². The average Bonchev–Trinajstić information content (AvgIpc) is 2.56. The van der Waals surface area contributed by atoms with Gasteiger partial charge in [0.2, 0.25) is 5.91 Å². The number of carbonyl (C=O) groups is 2. The molecule has 25 heavy (non-hydrogen) atoms. The van der Waals surface area contributed by atoms with Gasteiger partial charge in [-0.25, -0.2) is 0 Å². The van der Waals surface area contributed by atoms with Crippen LogP contribution >= 0.6 is 11.6 Å². The van der Waals surface area contributed by atoms with Crippen LogP contribution in [0.4, 0.5) is 11.4 Å². The van der Waals surface area contributed by atoms with Gasteiger partial charge in [-0.3, -0.25) is 9.59 Å². The van der Waals surface area contributed by atoms with E-state index in [0.29, 0.717) is 28.6 Å². The Morgan fingerprint density at radius 1 is 1.08 bits per heavy atom. The van der Waals surface area contributed by atoms with Crippen molar-refractivity contribution in [1.29, 1.82) is 0 Å². The topological polar surface area (TPSA) is 67.4 Å². The number of aryl methyl sites for hydroxylation is 1. The molecule has 0 heterocycles. The molecule has 0 radical (unpaired) electrons. The fourth-order valence-corrected chi connectivity index (χ4v) is 2.35. The van der Waals surface area contributed by atoms with Crippen LogP contribution in [0, 0.1) is 6.92 Å². The number of hydrogen-bond donors (Lipinski definition) is 2. The summed E-state index contributed by atoms with van der Waals surface area (Å²) < 4.78 is 5.46. The number of amides is 2. The molecule has 0 atom stereocenters. The molecule has 2 aromatic rings. The standard InChI is InChI=1S/C19H21ClN2O3/c1-3-5-18(23)21-14-8-9-16(20)17(11-14)22-19(24)12-25-15-7-4-6-13(2)10-15/h4,6-11H,3,5,12H2,1-2H3,(H,21,23)(H,22,24). The monoisotopic (exact) mass is 360 g/mol. The van der Waals surface area contributed by atoms with Crippen molar-refractivity contribution < 1.29 is 14.3 Å². The van der Waals surface area contributed by atoms with Crippen molar-refractivity contribution in [1.82, 2.24) is 0 Å². The van der Waals surface area contributed by atoms with Crippen molar-refractivity contribution in [2.45, 2.75) is 26.7 Å². The fraction of sp³-hybridized carbons (Fsp3) is 0.263. The second kappa shape index (κ2) is 9.08. The number of halogens is 1. The molecule has 6 heteroatoms. The highest BCUT2D eigenvalue weighted by Crippen LogP contribution is 2.25. The molecule has 0 saturated heterocycles. The summed E-state index contributed by atoms with van der Waals surface area (Å²) in [6.45, 7) is 3.75. The zero-order chi connectivity index (χ0) is 18.2. The van der Waals surface area contributed by atoms with Gasteiger partial charge in [0.15, 0.2) is 6.61 Å². The van der Waals surface area contributed by atoms with Crippen LogP contribution in [0.15, 0.2) is 42.5 Å². The van der Waals surface area contributed by atoms with Crippen LogP contribution in [0.25, 0.3) is 0 Å². The Hall–Kier alpha value is -2.53. The second-order valence-corrected chi connectivity index (χ2v) is 6.05. The Bertz CT molecular complexity index is 762. The Labute approximate surface area is 152 Å². The van der Waals surface area contributed by atoms with E-state index >= 15 is 0 Å². The number of ether oxygens (including phenoxy) is 1. The average molecular weight is 361 g/mol. The molecule has 132 valence electrons. The molecule has 0 aromatic heterocycles. The molecule has 2 amide bonds. The maximum absolute atomic E-state index is 12.1. The van der Waals surface area contributed by atoms with Gasteiger partial charge in [-0.1, -0.05) is 30.7 Å². The van der Waals surface area contributed by atoms with Gasteiger partial charge in [0.1, 0.15) is 5.75 Å². The molecule has 2 aromatic carbocycles. The minimum Gasteiger partial charge on any atom is -0.484 e. The largest absolute Gasteiger partial charge is 0.484 e. The molecule has 2 rings (SSSR count). The number of anilines is 2. The summed E-state index contributed by atoms with van der Waals surface area (Å²) in [6.07, 6.45) is 1.20. The van der Waals surface area contributed by atoms with E-state index in [9.17, 15) is 9.59 Å². The van der Waals surface area contributed by atoms with Crippen LogP contribution < -0.4 is 15.4 Å². The molecule has 0 aliphatic carbocycles. The Balaban J connectivity index is 1.96. The lowest BCUT2D eigenvalue weighted by Crippen LogP contribution is -2.20. The lowest BCUT2D eigenvalue weighted by Gasteiger charge is -2.11. The van der Waals surface area contributed by atoms with Gasteiger partial charge in [0, 0.05) is 12.1 Å². The smallest absolute Gasteiger partial charge is 0.262 e. The number of carbonyl (C=O) groups excluding carboxylic acids is 2. The van der Waals surface area contributed by atoms with Crippen molar-refractivity contribution in [3.63, 3.8) is 0 Å². The summed E-state index contributed by atoms with van der Waals surface area (Å²) in [6, 6.07) is 12.4. The predicted octanol–water partition coefficient (Wildman–Crippen LogP) is 4.40. The van der Waals surface area contributed by atoms with Crippen molar-refractivity contribution in [3.05, 3.63) is 53.1 Å². The second-order valence-electron chi connectivity index (χ2n) is 5.65. The van der Waals surface area contributed by atoms with Crippen LogP contribution in [-0.2, 0) is 9.59 Å². The maximum atomic E-state index is 12.1. The zero-order valence-corrected chi connectivity index (χ0v) is 15.0. The van der Waals surface area contributed by atoms with E-state index in [-0.39, 0.29) is 18.4 Å². The summed E-state index contributed by atoms with van der Waals surface area (Å²) >= 11 is 6.11. The van der Waals surface area contributed by atoms with Gasteiger partial charge < -0.3 is 15.4 Å². The van der Waals surface area contributed by atoms with Gasteiger partial charge in [0.05, 0.1) is 10.7 Å². The van der Waals surface area contributed by atoms with Gasteiger partial charge in [-0.15, -0.1) is 0 Å². The minimum atomic E-state index is -0.333. The van der Waals surface area contributed by atoms with Crippen molar-refractivity contribution >= 4 is 34.8 Å². The van der Waals surface area contributed by atoms with E-state index in [1.807, 2.05) is 32.0 Å². The van der Waals surface area contributed by atoms with Crippen LogP contribution in [0.1, 0.15) is 25.3 Å². The summed E-state index contributed by atoms with van der Waals surface area (Å²) in [5, 5.41) is 5.85. The predicted molar refractivity (Wildman–Crippen MR) is 100 cm³/mol. The van der Waals surface area contributed by atoms with Gasteiger partial charge in [0.25, 0.3) is 5.91 Å². The van der Waals surface area contributed by atoms with Gasteiger partial charge in [-0.05, 0) is 49.2 Å². The lowest BCUT2D eigenvalue weighted by molar-refractivity contribution is -0.118. The SMILES string of the molecule is CCCC(=O)Nc1ccc(Cl)c(NC(=O)COc2cccc(C)c2)c1. The minimum absolute atomic E-state index is 0.0788. The molecule has 2 N–H and O–H groups in total. The highest BCUT2D eigenvalue weighted by Gasteiger charge is 2.09. The number of nitrogens with one attached hydrogen (secondary N) is 2. The molecular formula is C19H21ClN2O3. The first kappa shape index (κ1) is 18.8. The normalized spacial score (nSPS) is 10.2. The summed E-state index contributed by atoms with van der Waals surface area (Å²) in [4.78, 5) is 23.7. The molecule has 0 unspecified atom stereocenters. The number of hydrogen-bond acceptors (Lipinski definition) is 3. The maximum Gasteiger partial charge on any atom is 0.262 e. The third-order valence-electron chi connectivity index (χ3n) is 3.36. The number of benzene rings is 2. The van der Waals surface area contributed by atoms with E-state index in [0.717, 1.165) is 12.0 Å². The van der Waals surface area contributed by atoms with E-state index in [1.165, 1.54) is 0 Å². The first-order valence-electron chi connectivity index (χ1n) is 8.06. The first-order valence-corrected chi connectivity index (χ1v) is 8.44. The van der Waals surface area contributed by atoms with Crippen molar-refractivity contribution in [2.24, 2.45) is 0 Å². The quantitative estimate of drug-likeness (QED) is 0.768. The molecule has 0 fully saturated rings. The summed E-state index contributed by atoms with van der Waals surface area (Å²) in [5.74, 6) is 0.215. The van der Waals surface area contributed by atoms with Crippen LogP contribution in [-0.4, -0.2) is 18.4 Å². The van der Waals surface area contributed by atoms with E-state index in [2.05, 4.69) is 10.6 Å². The first-order chi connectivity index (χ1) is 12.0. The third kappa shape index (κ3) is 6.12. The number of rotatable bonds is 7. The zero-order valence-electron chi connectivity index (χ0n) is 14.3. The molecule has 5 nitrogen and oxygen atoms in total. The molecule has 0 spiro atoms. The molecule has 0 bridgehead atoms. The van der Waals surface area contributed by atoms with E-state index in [4.69, 9.17) is 16.3 Å². The highest BCUT2D eigenvalue weighted by atomic mass is 35.5. The third-order valence-corrected chi connectivity index (χ3v) is 3.69. The summed E-state index contributed by atoms with van der Waals surface area (Å²) in [5.41, 5.74) is 2.06. The Morgan fingerprint density at radius 3 is 2.60 bits per heavy atom. The van der Waals surface area contributed by atoms with E-state index in [1.54, 1.807) is 24.3 Å². The Morgan fingerprint density at radius 2 is 1.88 bits per heavy atom. The van der Waals surface area contributed by atoms with Crippen LogP contribution in [0.5, 0.6) is 5.75 Å². The Kier molecular flexibility index (Phi) is 6.83. The van der Waals surface area contributed by atoms with Crippen LogP contribution in [0.3, 0.4) is 0 Å². The highest BCUT2D eigenvalue weighted by molar-refractivity contribution is 6.33. The summed E-state index contributed by atoms with van der Waals surface area (Å²) in [7, 11) is 0. The molecule has 0 aliphatic heterocycles. The fourth-order valence-electron chi connectivity index (χ4n) is 2.19. The van der Waals surface area contributed by atoms with Gasteiger partial charge >= 0.3 is 0 Å². The lowest BCUT2D eigenvalue weighted by atomic mass is 10.2. The van der Waals surface area contributed by atoms with Crippen LogP contribution in [0.2, 0.25) is 5.02 Å².